The maximum Gasteiger partial charge on any atom is 0.410 e. The Morgan fingerprint density at radius 2 is 0.632 bits per heavy atom. The van der Waals surface area contributed by atoms with E-state index in [2.05, 4.69) is 46.7 Å². The summed E-state index contributed by atoms with van der Waals surface area (Å²) in [5.41, 5.74) is 0. The first-order valence-electron chi connectivity index (χ1n) is 29.2. The summed E-state index contributed by atoms with van der Waals surface area (Å²) in [5, 5.41) is 0. The smallest absolute Gasteiger partial charge is 0.410 e. The zero-order valence-corrected chi connectivity index (χ0v) is 46.0. The van der Waals surface area contributed by atoms with E-state index in [9.17, 15) is 19.2 Å². The lowest BCUT2D eigenvalue weighted by Crippen LogP contribution is -2.37. The minimum atomic E-state index is -0.214. The molecule has 0 unspecified atom stereocenters. The quantitative estimate of drug-likeness (QED) is 0.0334. The molecular formula is C58H112N2O8. The molecule has 0 saturated carbocycles. The van der Waals surface area contributed by atoms with Gasteiger partial charge < -0.3 is 28.7 Å². The third kappa shape index (κ3) is 43.6. The van der Waals surface area contributed by atoms with Crippen LogP contribution in [0.4, 0.5) is 4.79 Å². The van der Waals surface area contributed by atoms with E-state index < -0.39 is 0 Å². The minimum absolute atomic E-state index is 0.0207. The lowest BCUT2D eigenvalue weighted by atomic mass is 10.0. The molecule has 0 atom stereocenters. The number of carbonyl (C=O) groups excluding carboxylic acids is 4. The van der Waals surface area contributed by atoms with Gasteiger partial charge in [0.05, 0.1) is 7.11 Å². The molecule has 0 rings (SSSR count). The number of esters is 3. The van der Waals surface area contributed by atoms with Gasteiger partial charge in [-0.2, -0.15) is 0 Å². The Labute approximate surface area is 420 Å². The highest BCUT2D eigenvalue weighted by atomic mass is 16.6. The standard InChI is InChI=1S/C58H112N2O8/c1-8-12-16-29-40-52(41-30-17-13-9-2)66-56(62)47-35-26-22-20-24-33-44-54(68-58(64)60(51-39-49-59(5)6)50-38-28-37-46-55(61)65-7)45-34-25-21-23-27-36-48-57(63)67-53(42-31-18-14-10-3)43-32-19-15-11-4/h52-54H,8-51H2,1-7H3. The third-order valence-electron chi connectivity index (χ3n) is 13.5. The largest absolute Gasteiger partial charge is 0.469 e. The van der Waals surface area contributed by atoms with Gasteiger partial charge in [0.15, 0.2) is 0 Å². The van der Waals surface area contributed by atoms with Crippen LogP contribution in [0.15, 0.2) is 0 Å². The molecular weight excluding hydrogens is 853 g/mol. The maximum absolute atomic E-state index is 13.8. The highest BCUT2D eigenvalue weighted by Crippen LogP contribution is 2.22. The highest BCUT2D eigenvalue weighted by molar-refractivity contribution is 5.70. The van der Waals surface area contributed by atoms with Gasteiger partial charge in [-0.15, -0.1) is 0 Å². The van der Waals surface area contributed by atoms with Crippen LogP contribution in [0.5, 0.6) is 0 Å². The van der Waals surface area contributed by atoms with Crippen molar-refractivity contribution in [1.29, 1.82) is 0 Å². The molecule has 68 heavy (non-hydrogen) atoms. The molecule has 0 spiro atoms. The molecule has 1 amide bonds. The number of ether oxygens (including phenoxy) is 4. The molecule has 0 aromatic rings. The summed E-state index contributed by atoms with van der Waals surface area (Å²) in [7, 11) is 5.53. The van der Waals surface area contributed by atoms with Crippen molar-refractivity contribution in [3.8, 4) is 0 Å². The van der Waals surface area contributed by atoms with E-state index in [-0.39, 0.29) is 42.3 Å². The molecule has 0 aliphatic carbocycles. The minimum Gasteiger partial charge on any atom is -0.469 e. The second-order valence-electron chi connectivity index (χ2n) is 20.5. The predicted octanol–water partition coefficient (Wildman–Crippen LogP) is 16.4. The fourth-order valence-electron chi connectivity index (χ4n) is 9.11. The number of hydrogen-bond acceptors (Lipinski definition) is 9. The van der Waals surface area contributed by atoms with Gasteiger partial charge in [0.1, 0.15) is 18.3 Å². The summed E-state index contributed by atoms with van der Waals surface area (Å²) >= 11 is 0. The van der Waals surface area contributed by atoms with Crippen LogP contribution >= 0.6 is 0 Å². The van der Waals surface area contributed by atoms with Crippen molar-refractivity contribution in [1.82, 2.24) is 9.80 Å². The molecule has 0 fully saturated rings. The van der Waals surface area contributed by atoms with Crippen LogP contribution < -0.4 is 0 Å². The third-order valence-corrected chi connectivity index (χ3v) is 13.5. The summed E-state index contributed by atoms with van der Waals surface area (Å²) in [6.07, 6.45) is 42.1. The normalized spacial score (nSPS) is 11.6. The van der Waals surface area contributed by atoms with E-state index in [0.29, 0.717) is 32.4 Å². The molecule has 0 aromatic heterocycles. The second-order valence-corrected chi connectivity index (χ2v) is 20.5. The Kier molecular flexibility index (Phi) is 47.9. The molecule has 0 saturated heterocycles. The van der Waals surface area contributed by atoms with Crippen LogP contribution in [-0.4, -0.2) is 93.0 Å². The average Bonchev–Trinajstić information content (AvgIpc) is 3.32. The van der Waals surface area contributed by atoms with E-state index in [4.69, 9.17) is 18.9 Å². The highest BCUT2D eigenvalue weighted by Gasteiger charge is 2.21. The van der Waals surface area contributed by atoms with Crippen molar-refractivity contribution in [2.45, 2.75) is 309 Å². The van der Waals surface area contributed by atoms with Crippen LogP contribution in [0.3, 0.4) is 0 Å². The van der Waals surface area contributed by atoms with E-state index in [1.807, 2.05) is 4.90 Å². The van der Waals surface area contributed by atoms with Crippen molar-refractivity contribution >= 4 is 24.0 Å². The molecule has 0 heterocycles. The summed E-state index contributed by atoms with van der Waals surface area (Å²) < 4.78 is 23.1. The fraction of sp³-hybridized carbons (Fsp3) is 0.931. The SMILES string of the molecule is CCCCCCC(CCCCCC)OC(=O)CCCCCCCCC(CCCCCCCCC(=O)OC(CCCCCC)CCCCCC)OC(=O)N(CCCCCC(=O)OC)CCCN(C)C. The number of hydrogen-bond donors (Lipinski definition) is 0. The molecule has 0 aliphatic rings. The van der Waals surface area contributed by atoms with E-state index in [1.54, 1.807) is 0 Å². The van der Waals surface area contributed by atoms with Gasteiger partial charge >= 0.3 is 24.0 Å². The Balaban J connectivity index is 5.08. The lowest BCUT2D eigenvalue weighted by Gasteiger charge is -2.26. The Bertz CT molecular complexity index is 1070. The second kappa shape index (κ2) is 49.6. The van der Waals surface area contributed by atoms with E-state index >= 15 is 0 Å². The van der Waals surface area contributed by atoms with Crippen molar-refractivity contribution in [3.63, 3.8) is 0 Å². The van der Waals surface area contributed by atoms with Crippen molar-refractivity contribution in [2.24, 2.45) is 0 Å². The Morgan fingerprint density at radius 3 is 0.985 bits per heavy atom. The lowest BCUT2D eigenvalue weighted by molar-refractivity contribution is -0.151. The van der Waals surface area contributed by atoms with Gasteiger partial charge in [-0.05, 0) is 130 Å². The zero-order valence-electron chi connectivity index (χ0n) is 46.0. The number of methoxy groups -OCH3 is 1. The molecule has 0 N–H and O–H groups in total. The van der Waals surface area contributed by atoms with Crippen LogP contribution in [0.25, 0.3) is 0 Å². The van der Waals surface area contributed by atoms with Crippen LogP contribution in [0.2, 0.25) is 0 Å². The van der Waals surface area contributed by atoms with Crippen LogP contribution in [0, 0.1) is 0 Å². The molecule has 402 valence electrons. The van der Waals surface area contributed by atoms with Crippen molar-refractivity contribution < 1.29 is 38.1 Å². The Morgan fingerprint density at radius 1 is 0.338 bits per heavy atom. The van der Waals surface area contributed by atoms with Crippen molar-refractivity contribution in [2.75, 3.05) is 40.8 Å². The predicted molar refractivity (Wildman–Crippen MR) is 284 cm³/mol. The van der Waals surface area contributed by atoms with Crippen LogP contribution in [0.1, 0.15) is 291 Å². The molecule has 0 bridgehead atoms. The number of rotatable bonds is 51. The van der Waals surface area contributed by atoms with Gasteiger partial charge in [-0.25, -0.2) is 4.79 Å². The summed E-state index contributed by atoms with van der Waals surface area (Å²) in [6.45, 7) is 11.1. The van der Waals surface area contributed by atoms with Gasteiger partial charge in [-0.1, -0.05) is 163 Å². The van der Waals surface area contributed by atoms with E-state index in [0.717, 1.165) is 173 Å². The summed E-state index contributed by atoms with van der Waals surface area (Å²) in [5.74, 6) is -0.231. The number of nitrogens with zero attached hydrogens (tertiary/aromatic N) is 2. The molecule has 10 heteroatoms. The molecule has 0 radical (unpaired) electrons. The summed E-state index contributed by atoms with van der Waals surface area (Å²) in [4.78, 5) is 55.0. The van der Waals surface area contributed by atoms with Gasteiger partial charge in [-0.3, -0.25) is 14.4 Å². The number of unbranched alkanes of at least 4 members (excludes halogenated alkanes) is 24. The number of carbonyl (C=O) groups is 4. The number of amides is 1. The fourth-order valence-corrected chi connectivity index (χ4v) is 9.11. The Hall–Kier alpha value is -2.36. The topological polar surface area (TPSA) is 112 Å². The van der Waals surface area contributed by atoms with Gasteiger partial charge in [0.2, 0.25) is 0 Å². The zero-order chi connectivity index (χ0) is 50.1. The van der Waals surface area contributed by atoms with E-state index in [1.165, 1.54) is 84.2 Å². The van der Waals surface area contributed by atoms with Gasteiger partial charge in [0, 0.05) is 32.4 Å². The first-order valence-corrected chi connectivity index (χ1v) is 29.2. The average molecular weight is 966 g/mol. The van der Waals surface area contributed by atoms with Crippen LogP contribution in [-0.2, 0) is 33.3 Å². The molecule has 10 nitrogen and oxygen atoms in total. The first-order chi connectivity index (χ1) is 33.1. The van der Waals surface area contributed by atoms with Gasteiger partial charge in [0.25, 0.3) is 0 Å². The monoisotopic (exact) mass is 965 g/mol. The summed E-state index contributed by atoms with van der Waals surface area (Å²) in [6, 6.07) is 0. The molecule has 0 aromatic carbocycles. The van der Waals surface area contributed by atoms with Crippen molar-refractivity contribution in [3.05, 3.63) is 0 Å². The maximum atomic E-state index is 13.8. The molecule has 0 aliphatic heterocycles. The first kappa shape index (κ1) is 65.6.